The standard InChI is InChI=1S/C14H32N4O2S.HI/c1-7-15-13(16-10-8-9-12(2)3)17-11-14(4,5)18-21(6,19)20;/h12,18H,7-11H2,1-6H3,(H2,15,16,17);1H. The molecule has 0 fully saturated rings. The maximum absolute atomic E-state index is 11.3. The molecule has 0 unspecified atom stereocenters. The van der Waals surface area contributed by atoms with Gasteiger partial charge in [0.05, 0.1) is 12.8 Å². The number of aliphatic imine (C=N–C) groups is 1. The van der Waals surface area contributed by atoms with Gasteiger partial charge >= 0.3 is 0 Å². The molecule has 0 aromatic rings. The van der Waals surface area contributed by atoms with Gasteiger partial charge in [-0.1, -0.05) is 13.8 Å². The zero-order valence-corrected chi connectivity index (χ0v) is 17.8. The topological polar surface area (TPSA) is 82.6 Å². The Morgan fingerprint density at radius 2 is 1.82 bits per heavy atom. The van der Waals surface area contributed by atoms with E-state index in [9.17, 15) is 8.42 Å². The molecule has 0 aliphatic heterocycles. The summed E-state index contributed by atoms with van der Waals surface area (Å²) in [4.78, 5) is 4.45. The van der Waals surface area contributed by atoms with Crippen LogP contribution in [0, 0.1) is 5.92 Å². The third-order valence-corrected chi connectivity index (χ3v) is 3.61. The van der Waals surface area contributed by atoms with Crippen molar-refractivity contribution in [1.82, 2.24) is 15.4 Å². The molecule has 8 heteroatoms. The molecule has 0 saturated carbocycles. The Kier molecular flexibility index (Phi) is 12.6. The first-order valence-corrected chi connectivity index (χ1v) is 9.46. The van der Waals surface area contributed by atoms with E-state index in [0.717, 1.165) is 31.7 Å². The van der Waals surface area contributed by atoms with Crippen molar-refractivity contribution < 1.29 is 8.42 Å². The Morgan fingerprint density at radius 1 is 1.23 bits per heavy atom. The molecule has 134 valence electrons. The molecule has 0 atom stereocenters. The molecular weight excluding hydrogens is 415 g/mol. The lowest BCUT2D eigenvalue weighted by molar-refractivity contribution is 0.464. The van der Waals surface area contributed by atoms with Gasteiger partial charge < -0.3 is 10.6 Å². The van der Waals surface area contributed by atoms with Crippen molar-refractivity contribution in [2.45, 2.75) is 53.0 Å². The molecule has 0 aromatic heterocycles. The van der Waals surface area contributed by atoms with Crippen LogP contribution in [-0.4, -0.2) is 45.8 Å². The number of halogens is 1. The fraction of sp³-hybridized carbons (Fsp3) is 0.929. The van der Waals surface area contributed by atoms with E-state index in [1.165, 1.54) is 6.42 Å². The van der Waals surface area contributed by atoms with Crippen molar-refractivity contribution in [2.24, 2.45) is 10.9 Å². The molecule has 3 N–H and O–H groups in total. The normalized spacial score (nSPS) is 13.0. The summed E-state index contributed by atoms with van der Waals surface area (Å²) in [6, 6.07) is 0. The van der Waals surface area contributed by atoms with Crippen molar-refractivity contribution >= 4 is 40.0 Å². The smallest absolute Gasteiger partial charge is 0.209 e. The number of rotatable bonds is 9. The van der Waals surface area contributed by atoms with Gasteiger partial charge in [0.1, 0.15) is 0 Å². The van der Waals surface area contributed by atoms with Crippen LogP contribution in [0.5, 0.6) is 0 Å². The zero-order valence-electron chi connectivity index (χ0n) is 14.7. The summed E-state index contributed by atoms with van der Waals surface area (Å²) >= 11 is 0. The van der Waals surface area contributed by atoms with E-state index < -0.39 is 15.6 Å². The van der Waals surface area contributed by atoms with Gasteiger partial charge in [-0.05, 0) is 39.5 Å². The first-order valence-electron chi connectivity index (χ1n) is 7.57. The summed E-state index contributed by atoms with van der Waals surface area (Å²) in [7, 11) is -3.23. The van der Waals surface area contributed by atoms with Crippen molar-refractivity contribution in [3.8, 4) is 0 Å². The predicted octanol–water partition coefficient (Wildman–Crippen LogP) is 1.92. The second-order valence-electron chi connectivity index (χ2n) is 6.42. The molecule has 0 saturated heterocycles. The Morgan fingerprint density at radius 3 is 2.27 bits per heavy atom. The lowest BCUT2D eigenvalue weighted by atomic mass is 10.1. The number of hydrogen-bond acceptors (Lipinski definition) is 3. The van der Waals surface area contributed by atoms with E-state index >= 15 is 0 Å². The van der Waals surface area contributed by atoms with Gasteiger partial charge in [0, 0.05) is 18.6 Å². The largest absolute Gasteiger partial charge is 0.357 e. The number of hydrogen-bond donors (Lipinski definition) is 3. The highest BCUT2D eigenvalue weighted by Crippen LogP contribution is 2.04. The van der Waals surface area contributed by atoms with Crippen LogP contribution >= 0.6 is 24.0 Å². The molecule has 0 amide bonds. The Balaban J connectivity index is 0. The molecular formula is C14H33IN4O2S. The van der Waals surface area contributed by atoms with Crippen LogP contribution in [0.1, 0.15) is 47.5 Å². The molecule has 0 aliphatic carbocycles. The Bertz CT molecular complexity index is 423. The molecule has 6 nitrogen and oxygen atoms in total. The molecule has 0 radical (unpaired) electrons. The first kappa shape index (κ1) is 24.2. The summed E-state index contributed by atoms with van der Waals surface area (Å²) in [5.41, 5.74) is -0.603. The van der Waals surface area contributed by atoms with Crippen molar-refractivity contribution in [1.29, 1.82) is 0 Å². The van der Waals surface area contributed by atoms with Gasteiger partial charge in [0.25, 0.3) is 0 Å². The second-order valence-corrected chi connectivity index (χ2v) is 8.16. The van der Waals surface area contributed by atoms with Gasteiger partial charge in [0.2, 0.25) is 10.0 Å². The monoisotopic (exact) mass is 448 g/mol. The molecule has 0 heterocycles. The highest BCUT2D eigenvalue weighted by atomic mass is 127. The zero-order chi connectivity index (χ0) is 16.5. The van der Waals surface area contributed by atoms with Crippen LogP contribution in [0.25, 0.3) is 0 Å². The third-order valence-electron chi connectivity index (χ3n) is 2.69. The molecule has 0 spiro atoms. The Labute approximate surface area is 153 Å². The summed E-state index contributed by atoms with van der Waals surface area (Å²) < 4.78 is 25.2. The SMILES string of the molecule is CCNC(=NCC(C)(C)NS(C)(=O)=O)NCCCC(C)C.I. The van der Waals surface area contributed by atoms with Gasteiger partial charge in [0.15, 0.2) is 5.96 Å². The number of guanidine groups is 1. The summed E-state index contributed by atoms with van der Waals surface area (Å²) in [6.45, 7) is 12.1. The Hall–Kier alpha value is -0.0900. The summed E-state index contributed by atoms with van der Waals surface area (Å²) in [5.74, 6) is 1.42. The lowest BCUT2D eigenvalue weighted by Crippen LogP contribution is -2.46. The van der Waals surface area contributed by atoms with Gasteiger partial charge in [-0.2, -0.15) is 0 Å². The van der Waals surface area contributed by atoms with Gasteiger partial charge in [-0.25, -0.2) is 13.1 Å². The summed E-state index contributed by atoms with van der Waals surface area (Å²) in [5, 5.41) is 6.44. The molecule has 0 bridgehead atoms. The minimum atomic E-state index is -3.23. The van der Waals surface area contributed by atoms with E-state index in [1.54, 1.807) is 0 Å². The average Bonchev–Trinajstić information content (AvgIpc) is 2.28. The fourth-order valence-corrected chi connectivity index (χ4v) is 2.94. The lowest BCUT2D eigenvalue weighted by Gasteiger charge is -2.23. The fourth-order valence-electron chi connectivity index (χ4n) is 1.87. The highest BCUT2D eigenvalue weighted by molar-refractivity contribution is 14.0. The van der Waals surface area contributed by atoms with Gasteiger partial charge in [-0.15, -0.1) is 24.0 Å². The predicted molar refractivity (Wildman–Crippen MR) is 106 cm³/mol. The molecule has 22 heavy (non-hydrogen) atoms. The number of nitrogens with zero attached hydrogens (tertiary/aromatic N) is 1. The quantitative estimate of drug-likeness (QED) is 0.218. The van der Waals surface area contributed by atoms with Crippen molar-refractivity contribution in [2.75, 3.05) is 25.9 Å². The van der Waals surface area contributed by atoms with Crippen LogP contribution in [0.3, 0.4) is 0 Å². The number of sulfonamides is 1. The van der Waals surface area contributed by atoms with Crippen molar-refractivity contribution in [3.05, 3.63) is 0 Å². The van der Waals surface area contributed by atoms with E-state index in [-0.39, 0.29) is 24.0 Å². The van der Waals surface area contributed by atoms with Crippen LogP contribution in [0.15, 0.2) is 4.99 Å². The van der Waals surface area contributed by atoms with Crippen molar-refractivity contribution in [3.63, 3.8) is 0 Å². The van der Waals surface area contributed by atoms with Crippen LogP contribution in [-0.2, 0) is 10.0 Å². The maximum Gasteiger partial charge on any atom is 0.209 e. The first-order chi connectivity index (χ1) is 9.56. The molecule has 0 aromatic carbocycles. The van der Waals surface area contributed by atoms with E-state index in [1.807, 2.05) is 20.8 Å². The van der Waals surface area contributed by atoms with E-state index in [2.05, 4.69) is 34.2 Å². The average molecular weight is 448 g/mol. The van der Waals surface area contributed by atoms with Crippen LogP contribution < -0.4 is 15.4 Å². The molecule has 0 aliphatic rings. The maximum atomic E-state index is 11.3. The molecule has 0 rings (SSSR count). The summed E-state index contributed by atoms with van der Waals surface area (Å²) in [6.07, 6.45) is 3.43. The minimum Gasteiger partial charge on any atom is -0.357 e. The van der Waals surface area contributed by atoms with Gasteiger partial charge in [-0.3, -0.25) is 4.99 Å². The van der Waals surface area contributed by atoms with Crippen LogP contribution in [0.2, 0.25) is 0 Å². The number of nitrogens with one attached hydrogen (secondary N) is 3. The van der Waals surface area contributed by atoms with E-state index in [0.29, 0.717) is 12.5 Å². The van der Waals surface area contributed by atoms with Crippen LogP contribution in [0.4, 0.5) is 0 Å². The minimum absolute atomic E-state index is 0. The second kappa shape index (κ2) is 11.4. The third kappa shape index (κ3) is 14.8. The highest BCUT2D eigenvalue weighted by Gasteiger charge is 2.21. The van der Waals surface area contributed by atoms with E-state index in [4.69, 9.17) is 0 Å².